The van der Waals surface area contributed by atoms with Crippen molar-refractivity contribution in [3.63, 3.8) is 0 Å². The zero-order chi connectivity index (χ0) is 18.1. The van der Waals surface area contributed by atoms with Crippen LogP contribution in [0, 0.1) is 10.8 Å². The van der Waals surface area contributed by atoms with Gasteiger partial charge < -0.3 is 14.3 Å². The van der Waals surface area contributed by atoms with Crippen molar-refractivity contribution in [2.75, 3.05) is 6.61 Å². The molecule has 2 unspecified atom stereocenters. The lowest BCUT2D eigenvalue weighted by molar-refractivity contribution is -0.139. The van der Waals surface area contributed by atoms with Crippen LogP contribution in [0.3, 0.4) is 0 Å². The van der Waals surface area contributed by atoms with Gasteiger partial charge in [0.15, 0.2) is 5.78 Å². The highest BCUT2D eigenvalue weighted by atomic mass is 19.4. The smallest absolute Gasteiger partial charge is 0.421 e. The van der Waals surface area contributed by atoms with Gasteiger partial charge in [-0.25, -0.2) is 4.79 Å². The van der Waals surface area contributed by atoms with Crippen LogP contribution in [0.25, 0.3) is 0 Å². The molecule has 1 heterocycles. The number of furan rings is 1. The zero-order valence-corrected chi connectivity index (χ0v) is 13.4. The minimum Gasteiger partial charge on any atom is -0.460 e. The fourth-order valence-electron chi connectivity index (χ4n) is 3.76. The maximum absolute atomic E-state index is 13.5. The third-order valence-electron chi connectivity index (χ3n) is 5.09. The molecule has 3 rings (SSSR count). The normalized spacial score (nSPS) is 28.0. The van der Waals surface area contributed by atoms with E-state index in [-0.39, 0.29) is 25.2 Å². The number of hydrogen-bond donors (Lipinski definition) is 1. The van der Waals surface area contributed by atoms with E-state index >= 15 is 0 Å². The molecule has 24 heavy (non-hydrogen) atoms. The van der Waals surface area contributed by atoms with Gasteiger partial charge in [-0.3, -0.25) is 4.79 Å². The number of esters is 1. The number of alkyl halides is 3. The molecular formula is C16H17F3O5. The summed E-state index contributed by atoms with van der Waals surface area (Å²) in [5.74, 6) is -3.24. The number of aliphatic hydroxyl groups is 1. The summed E-state index contributed by atoms with van der Waals surface area (Å²) in [7, 11) is 0. The summed E-state index contributed by atoms with van der Waals surface area (Å²) in [6.07, 6.45) is -5.81. The average molecular weight is 346 g/mol. The van der Waals surface area contributed by atoms with E-state index in [9.17, 15) is 27.9 Å². The summed E-state index contributed by atoms with van der Waals surface area (Å²) in [4.78, 5) is 24.7. The third-order valence-corrected chi connectivity index (χ3v) is 5.09. The molecule has 1 spiro atoms. The lowest BCUT2D eigenvalue weighted by atomic mass is 9.64. The topological polar surface area (TPSA) is 76.7 Å². The maximum Gasteiger partial charge on any atom is 0.421 e. The largest absolute Gasteiger partial charge is 0.460 e. The number of carbonyl (C=O) groups excluding carboxylic acids is 2. The highest BCUT2D eigenvalue weighted by Crippen LogP contribution is 2.65. The van der Waals surface area contributed by atoms with Crippen molar-refractivity contribution >= 4 is 11.8 Å². The molecule has 1 aromatic rings. The summed E-state index contributed by atoms with van der Waals surface area (Å²) >= 11 is 0. The van der Waals surface area contributed by atoms with Gasteiger partial charge >= 0.3 is 12.1 Å². The van der Waals surface area contributed by atoms with Crippen LogP contribution in [0.15, 0.2) is 4.42 Å². The van der Waals surface area contributed by atoms with Crippen molar-refractivity contribution in [2.45, 2.75) is 45.9 Å². The molecule has 2 aliphatic rings. The van der Waals surface area contributed by atoms with Crippen LogP contribution in [0.4, 0.5) is 13.2 Å². The SMILES string of the molecule is CCOC(=O)c1oc2c(c1C(F)(F)F)C(=O)C1(CC1O)C(C)(C)C2. The number of Topliss-reactive ketones (excluding diaryl/α,β-unsaturated/α-hetero) is 1. The highest BCUT2D eigenvalue weighted by molar-refractivity contribution is 6.08. The lowest BCUT2D eigenvalue weighted by Gasteiger charge is -2.37. The first kappa shape index (κ1) is 17.0. The van der Waals surface area contributed by atoms with Crippen LogP contribution in [-0.2, 0) is 17.3 Å². The Hall–Kier alpha value is -1.83. The second-order valence-electron chi connectivity index (χ2n) is 6.90. The highest BCUT2D eigenvalue weighted by Gasteiger charge is 2.71. The second-order valence-corrected chi connectivity index (χ2v) is 6.90. The Morgan fingerprint density at radius 1 is 1.42 bits per heavy atom. The van der Waals surface area contributed by atoms with Crippen LogP contribution in [0.1, 0.15) is 59.4 Å². The molecule has 0 radical (unpaired) electrons. The molecular weight excluding hydrogens is 329 g/mol. The Balaban J connectivity index is 2.23. The fourth-order valence-corrected chi connectivity index (χ4v) is 3.76. The van der Waals surface area contributed by atoms with Gasteiger partial charge in [-0.1, -0.05) is 13.8 Å². The quantitative estimate of drug-likeness (QED) is 0.833. The molecule has 0 aromatic carbocycles. The zero-order valence-electron chi connectivity index (χ0n) is 13.4. The van der Waals surface area contributed by atoms with Crippen molar-refractivity contribution in [3.05, 3.63) is 22.6 Å². The number of aliphatic hydroxyl groups excluding tert-OH is 1. The minimum atomic E-state index is -4.95. The van der Waals surface area contributed by atoms with E-state index in [2.05, 4.69) is 4.74 Å². The minimum absolute atomic E-state index is 0.0214. The van der Waals surface area contributed by atoms with Gasteiger partial charge in [0, 0.05) is 6.42 Å². The van der Waals surface area contributed by atoms with Gasteiger partial charge in [0.05, 0.1) is 23.7 Å². The number of halogens is 3. The Morgan fingerprint density at radius 2 is 2.00 bits per heavy atom. The summed E-state index contributed by atoms with van der Waals surface area (Å²) in [6.45, 7) is 4.73. The van der Waals surface area contributed by atoms with Crippen LogP contribution >= 0.6 is 0 Å². The number of fused-ring (bicyclic) bond motifs is 1. The number of ketones is 1. The fraction of sp³-hybridized carbons (Fsp3) is 0.625. The van der Waals surface area contributed by atoms with Crippen LogP contribution < -0.4 is 0 Å². The Bertz CT molecular complexity index is 731. The average Bonchev–Trinajstić information content (AvgIpc) is 2.97. The number of ether oxygens (including phenoxy) is 1. The first-order valence-electron chi connectivity index (χ1n) is 7.60. The van der Waals surface area contributed by atoms with Crippen LogP contribution in [-0.4, -0.2) is 29.6 Å². The predicted octanol–water partition coefficient (Wildman–Crippen LogP) is 2.99. The van der Waals surface area contributed by atoms with Gasteiger partial charge in [0.25, 0.3) is 0 Å². The molecule has 8 heteroatoms. The van der Waals surface area contributed by atoms with E-state index in [1.807, 2.05) is 0 Å². The van der Waals surface area contributed by atoms with E-state index in [4.69, 9.17) is 4.42 Å². The van der Waals surface area contributed by atoms with Gasteiger partial charge in [-0.2, -0.15) is 13.2 Å². The molecule has 0 amide bonds. The summed E-state index contributed by atoms with van der Waals surface area (Å²) in [6, 6.07) is 0. The first-order chi connectivity index (χ1) is 11.0. The third kappa shape index (κ3) is 2.05. The molecule has 132 valence electrons. The van der Waals surface area contributed by atoms with E-state index in [0.29, 0.717) is 0 Å². The van der Waals surface area contributed by atoms with Gasteiger partial charge in [0.1, 0.15) is 11.3 Å². The molecule has 5 nitrogen and oxygen atoms in total. The molecule has 1 saturated carbocycles. The molecule has 0 aliphatic heterocycles. The van der Waals surface area contributed by atoms with E-state index in [1.54, 1.807) is 13.8 Å². The van der Waals surface area contributed by atoms with Gasteiger partial charge in [0.2, 0.25) is 5.76 Å². The Kier molecular flexibility index (Phi) is 3.43. The molecule has 0 bridgehead atoms. The standard InChI is InChI=1S/C16H17F3O5/c1-4-23-13(22)11-10(16(17,18)19)9-7(24-11)5-14(2,3)15(12(9)21)6-8(15)20/h8,20H,4-6H2,1-3H3. The van der Waals surface area contributed by atoms with Crippen molar-refractivity contribution in [3.8, 4) is 0 Å². The van der Waals surface area contributed by atoms with Crippen molar-refractivity contribution in [1.82, 2.24) is 0 Å². The predicted molar refractivity (Wildman–Crippen MR) is 74.5 cm³/mol. The lowest BCUT2D eigenvalue weighted by Crippen LogP contribution is -2.42. The molecule has 0 saturated heterocycles. The molecule has 1 fully saturated rings. The monoisotopic (exact) mass is 346 g/mol. The summed E-state index contributed by atoms with van der Waals surface area (Å²) < 4.78 is 50.3. The molecule has 1 aromatic heterocycles. The van der Waals surface area contributed by atoms with Gasteiger partial charge in [-0.15, -0.1) is 0 Å². The van der Waals surface area contributed by atoms with E-state index in [1.165, 1.54) is 6.92 Å². The molecule has 2 aliphatic carbocycles. The Morgan fingerprint density at radius 3 is 2.46 bits per heavy atom. The van der Waals surface area contributed by atoms with Crippen LogP contribution in [0.5, 0.6) is 0 Å². The first-order valence-corrected chi connectivity index (χ1v) is 7.60. The maximum atomic E-state index is 13.5. The van der Waals surface area contributed by atoms with Crippen molar-refractivity contribution in [1.29, 1.82) is 0 Å². The molecule has 1 N–H and O–H groups in total. The van der Waals surface area contributed by atoms with Crippen molar-refractivity contribution < 1.29 is 37.0 Å². The van der Waals surface area contributed by atoms with E-state index in [0.717, 1.165) is 0 Å². The number of hydrogen-bond acceptors (Lipinski definition) is 5. The summed E-state index contributed by atoms with van der Waals surface area (Å²) in [5, 5.41) is 9.94. The summed E-state index contributed by atoms with van der Waals surface area (Å²) in [5.41, 5.74) is -4.06. The number of carbonyl (C=O) groups is 2. The number of rotatable bonds is 2. The van der Waals surface area contributed by atoms with Crippen LogP contribution in [0.2, 0.25) is 0 Å². The van der Waals surface area contributed by atoms with E-state index < -0.39 is 51.7 Å². The van der Waals surface area contributed by atoms with Gasteiger partial charge in [-0.05, 0) is 18.8 Å². The van der Waals surface area contributed by atoms with Crippen molar-refractivity contribution in [2.24, 2.45) is 10.8 Å². The Labute approximate surface area is 135 Å². The second kappa shape index (κ2) is 4.84. The molecule has 2 atom stereocenters.